The van der Waals surface area contributed by atoms with Crippen LogP contribution >= 0.6 is 11.6 Å². The Morgan fingerprint density at radius 2 is 1.93 bits per heavy atom. The van der Waals surface area contributed by atoms with E-state index in [1.165, 1.54) is 0 Å². The summed E-state index contributed by atoms with van der Waals surface area (Å²) < 4.78 is 10.7. The van der Waals surface area contributed by atoms with Crippen molar-refractivity contribution >= 4 is 23.2 Å². The maximum Gasteiger partial charge on any atom is 0.241 e. The molecule has 7 nitrogen and oxygen atoms in total. The molecule has 2 aromatic carbocycles. The lowest BCUT2D eigenvalue weighted by Gasteiger charge is -2.32. The van der Waals surface area contributed by atoms with Crippen LogP contribution in [0.4, 0.5) is 5.69 Å². The third-order valence-electron chi connectivity index (χ3n) is 4.14. The number of carbonyl (C=O) groups excluding carboxylic acids is 1. The monoisotopic (exact) mass is 390 g/mol. The summed E-state index contributed by atoms with van der Waals surface area (Å²) in [5.41, 5.74) is 7.82. The number of hydrogen-bond acceptors (Lipinski definition) is 6. The standard InChI is InChI=1S/C19H23ClN4O3/c1-3-27-14-7-4-12(5-8-14)10-16-18(25)22-19(24-23-16)21-15-11-13(20)6-9-17(15)26-2/h4-9,11,16,19,21,23-24H,3,10H2,1-2H3,(H,22,25). The molecule has 0 aliphatic carbocycles. The lowest BCUT2D eigenvalue weighted by Crippen LogP contribution is -2.68. The number of anilines is 1. The largest absolute Gasteiger partial charge is 0.495 e. The number of hydrogen-bond donors (Lipinski definition) is 4. The molecule has 2 unspecified atom stereocenters. The van der Waals surface area contributed by atoms with E-state index in [4.69, 9.17) is 21.1 Å². The van der Waals surface area contributed by atoms with Gasteiger partial charge in [0.1, 0.15) is 17.5 Å². The molecule has 0 saturated carbocycles. The fourth-order valence-corrected chi connectivity index (χ4v) is 2.99. The molecule has 27 heavy (non-hydrogen) atoms. The zero-order chi connectivity index (χ0) is 19.2. The molecule has 4 N–H and O–H groups in total. The number of nitrogens with one attached hydrogen (secondary N) is 4. The highest BCUT2D eigenvalue weighted by atomic mass is 35.5. The highest BCUT2D eigenvalue weighted by molar-refractivity contribution is 6.30. The summed E-state index contributed by atoms with van der Waals surface area (Å²) in [6.45, 7) is 2.57. The summed E-state index contributed by atoms with van der Waals surface area (Å²) in [6, 6.07) is 12.6. The summed E-state index contributed by atoms with van der Waals surface area (Å²) in [7, 11) is 1.58. The fourth-order valence-electron chi connectivity index (χ4n) is 2.82. The van der Waals surface area contributed by atoms with Gasteiger partial charge >= 0.3 is 0 Å². The van der Waals surface area contributed by atoms with Gasteiger partial charge in [0, 0.05) is 5.02 Å². The number of rotatable bonds is 7. The number of amides is 1. The first-order valence-electron chi connectivity index (χ1n) is 8.72. The predicted octanol–water partition coefficient (Wildman–Crippen LogP) is 2.28. The van der Waals surface area contributed by atoms with Crippen molar-refractivity contribution in [2.24, 2.45) is 0 Å². The molecule has 1 fully saturated rings. The molecule has 1 heterocycles. The van der Waals surface area contributed by atoms with Gasteiger partial charge in [-0.25, -0.2) is 10.9 Å². The molecule has 144 valence electrons. The minimum Gasteiger partial charge on any atom is -0.495 e. The van der Waals surface area contributed by atoms with Crippen LogP contribution in [0.15, 0.2) is 42.5 Å². The van der Waals surface area contributed by atoms with Crippen molar-refractivity contribution in [3.63, 3.8) is 0 Å². The van der Waals surface area contributed by atoms with Crippen LogP contribution in [-0.2, 0) is 11.2 Å². The molecule has 3 rings (SSSR count). The molecule has 0 spiro atoms. The van der Waals surface area contributed by atoms with Gasteiger partial charge in [-0.05, 0) is 49.2 Å². The van der Waals surface area contributed by atoms with Crippen LogP contribution < -0.4 is 31.0 Å². The second-order valence-corrected chi connectivity index (χ2v) is 6.49. The molecule has 1 amide bonds. The maximum atomic E-state index is 12.5. The van der Waals surface area contributed by atoms with Crippen molar-refractivity contribution in [1.29, 1.82) is 0 Å². The lowest BCUT2D eigenvalue weighted by atomic mass is 10.1. The minimum absolute atomic E-state index is 0.110. The number of carbonyl (C=O) groups is 1. The van der Waals surface area contributed by atoms with Gasteiger partial charge in [0.25, 0.3) is 0 Å². The van der Waals surface area contributed by atoms with Gasteiger partial charge in [-0.1, -0.05) is 23.7 Å². The third kappa shape index (κ3) is 5.03. The molecule has 1 aliphatic heterocycles. The smallest absolute Gasteiger partial charge is 0.241 e. The van der Waals surface area contributed by atoms with Gasteiger partial charge < -0.3 is 20.1 Å². The molecule has 0 aromatic heterocycles. The van der Waals surface area contributed by atoms with Crippen LogP contribution in [0.1, 0.15) is 12.5 Å². The molecule has 2 aromatic rings. The van der Waals surface area contributed by atoms with Crippen molar-refractivity contribution in [2.45, 2.75) is 25.7 Å². The van der Waals surface area contributed by atoms with Crippen LogP contribution in [0.25, 0.3) is 0 Å². The van der Waals surface area contributed by atoms with Gasteiger partial charge in [-0.3, -0.25) is 4.79 Å². The summed E-state index contributed by atoms with van der Waals surface area (Å²) >= 11 is 6.04. The van der Waals surface area contributed by atoms with Gasteiger partial charge in [-0.15, -0.1) is 0 Å². The van der Waals surface area contributed by atoms with Crippen molar-refractivity contribution in [2.75, 3.05) is 19.0 Å². The summed E-state index contributed by atoms with van der Waals surface area (Å²) in [5.74, 6) is 1.34. The van der Waals surface area contributed by atoms with Crippen molar-refractivity contribution in [1.82, 2.24) is 16.2 Å². The average Bonchev–Trinajstić information content (AvgIpc) is 2.66. The van der Waals surface area contributed by atoms with E-state index in [2.05, 4.69) is 21.5 Å². The van der Waals surface area contributed by atoms with Gasteiger partial charge in [0.05, 0.1) is 19.4 Å². The zero-order valence-corrected chi connectivity index (χ0v) is 16.0. The van der Waals surface area contributed by atoms with E-state index in [-0.39, 0.29) is 11.9 Å². The van der Waals surface area contributed by atoms with E-state index in [9.17, 15) is 4.79 Å². The Bertz CT molecular complexity index is 785. The van der Waals surface area contributed by atoms with E-state index in [0.29, 0.717) is 29.5 Å². The Labute approximate surface area is 163 Å². The van der Waals surface area contributed by atoms with Crippen LogP contribution in [0, 0.1) is 0 Å². The van der Waals surface area contributed by atoms with Crippen LogP contribution in [0.5, 0.6) is 11.5 Å². The fraction of sp³-hybridized carbons (Fsp3) is 0.316. The average molecular weight is 391 g/mol. The van der Waals surface area contributed by atoms with Gasteiger partial charge in [0.2, 0.25) is 5.91 Å². The summed E-state index contributed by atoms with van der Waals surface area (Å²) in [4.78, 5) is 12.5. The highest BCUT2D eigenvalue weighted by Crippen LogP contribution is 2.28. The number of halogens is 1. The van der Waals surface area contributed by atoms with Crippen molar-refractivity contribution < 1.29 is 14.3 Å². The highest BCUT2D eigenvalue weighted by Gasteiger charge is 2.27. The Morgan fingerprint density at radius 1 is 1.15 bits per heavy atom. The first-order valence-corrected chi connectivity index (χ1v) is 9.10. The second kappa shape index (κ2) is 8.94. The Hall–Kier alpha value is -2.48. The number of methoxy groups -OCH3 is 1. The van der Waals surface area contributed by atoms with Crippen molar-refractivity contribution in [3.05, 3.63) is 53.1 Å². The molecule has 8 heteroatoms. The van der Waals surface area contributed by atoms with Crippen molar-refractivity contribution in [3.8, 4) is 11.5 Å². The number of benzene rings is 2. The van der Waals surface area contributed by atoms with Crippen LogP contribution in [-0.4, -0.2) is 32.0 Å². The van der Waals surface area contributed by atoms with E-state index in [0.717, 1.165) is 11.3 Å². The molecule has 1 saturated heterocycles. The van der Waals surface area contributed by atoms with E-state index in [1.807, 2.05) is 31.2 Å². The molecule has 1 aliphatic rings. The Balaban J connectivity index is 1.57. The van der Waals surface area contributed by atoms with E-state index < -0.39 is 6.29 Å². The molecule has 0 radical (unpaired) electrons. The number of ether oxygens (including phenoxy) is 2. The summed E-state index contributed by atoms with van der Waals surface area (Å²) in [6.07, 6.45) is 0.0554. The molecule has 0 bridgehead atoms. The normalized spacial score (nSPS) is 19.3. The van der Waals surface area contributed by atoms with Crippen LogP contribution in [0.2, 0.25) is 5.02 Å². The van der Waals surface area contributed by atoms with Gasteiger partial charge in [0.15, 0.2) is 6.29 Å². The van der Waals surface area contributed by atoms with Gasteiger partial charge in [-0.2, -0.15) is 0 Å². The first kappa shape index (κ1) is 19.3. The third-order valence-corrected chi connectivity index (χ3v) is 4.38. The minimum atomic E-state index is -0.499. The number of hydrazine groups is 1. The Kier molecular flexibility index (Phi) is 6.39. The van der Waals surface area contributed by atoms with E-state index in [1.54, 1.807) is 25.3 Å². The molecular weight excluding hydrogens is 368 g/mol. The second-order valence-electron chi connectivity index (χ2n) is 6.05. The maximum absolute atomic E-state index is 12.5. The predicted molar refractivity (Wildman–Crippen MR) is 105 cm³/mol. The van der Waals surface area contributed by atoms with Crippen LogP contribution in [0.3, 0.4) is 0 Å². The summed E-state index contributed by atoms with van der Waals surface area (Å²) in [5, 5.41) is 6.61. The quantitative estimate of drug-likeness (QED) is 0.580. The zero-order valence-electron chi connectivity index (χ0n) is 15.2. The molecule has 2 atom stereocenters. The SMILES string of the molecule is CCOc1ccc(CC2NNC(Nc3cc(Cl)ccc3OC)NC2=O)cc1. The Morgan fingerprint density at radius 3 is 2.59 bits per heavy atom. The first-order chi connectivity index (χ1) is 13.1. The lowest BCUT2D eigenvalue weighted by molar-refractivity contribution is -0.126. The molecular formula is C19H23ClN4O3. The topological polar surface area (TPSA) is 83.7 Å². The van der Waals surface area contributed by atoms with E-state index >= 15 is 0 Å².